The first-order chi connectivity index (χ1) is 29.6. The highest BCUT2D eigenvalue weighted by molar-refractivity contribution is 8.00. The first-order valence-electron chi connectivity index (χ1n) is 20.7. The standard InChI is InChI=1S/C51H54N4O5S/c1-37(2)49(52)50(59)60-45(29-14-15-31-61-51(40-21-6-3-7-22-40,41-23-8-4-9-24-41)42-25-10-5-11-26-42)32-47(56)53-33-43-27-17-28-44(54-43)35-55(36-48(57)58)34-39-20-16-19-38-18-12-13-30-46(38)39/h3-14,16-30,37,45,49H,15,31-36,52H2,1-2H3,(H,53,56)(H,57,58)/b29-14+/t45-,49+/m1/s1. The van der Waals surface area contributed by atoms with Crippen LogP contribution in [0.25, 0.3) is 10.8 Å². The van der Waals surface area contributed by atoms with Crippen molar-refractivity contribution in [2.24, 2.45) is 11.7 Å². The van der Waals surface area contributed by atoms with E-state index in [1.54, 1.807) is 6.08 Å². The lowest BCUT2D eigenvalue weighted by Gasteiger charge is -2.35. The SMILES string of the molecule is CC(C)[C@H](N)C(=O)O[C@H](/C=C/CCSC(c1ccccc1)(c1ccccc1)c1ccccc1)CC(=O)NCc1cccc(CN(CC(=O)O)Cc2cccc3ccccc23)n1. The summed E-state index contributed by atoms with van der Waals surface area (Å²) in [6.07, 6.45) is 3.48. The number of fused-ring (bicyclic) bond motifs is 1. The Morgan fingerprint density at radius 1 is 0.770 bits per heavy atom. The maximum absolute atomic E-state index is 13.4. The molecule has 1 aromatic heterocycles. The number of carbonyl (C=O) groups excluding carboxylic acids is 2. The first-order valence-corrected chi connectivity index (χ1v) is 21.7. The van der Waals surface area contributed by atoms with Crippen molar-refractivity contribution < 1.29 is 24.2 Å². The molecule has 9 nitrogen and oxygen atoms in total. The molecule has 0 spiro atoms. The molecule has 0 aliphatic carbocycles. The number of nitrogens with one attached hydrogen (secondary N) is 1. The molecule has 0 fully saturated rings. The molecular weight excluding hydrogens is 781 g/mol. The average Bonchev–Trinajstić information content (AvgIpc) is 3.27. The number of carboxylic acids is 1. The first kappa shape index (κ1) is 44.5. The molecule has 0 bridgehead atoms. The normalized spacial score (nSPS) is 12.7. The number of aromatic nitrogens is 1. The number of aliphatic carboxylic acids is 1. The number of rotatable bonds is 21. The molecule has 1 heterocycles. The van der Waals surface area contributed by atoms with E-state index in [1.165, 1.54) is 16.7 Å². The van der Waals surface area contributed by atoms with E-state index in [9.17, 15) is 19.5 Å². The van der Waals surface area contributed by atoms with E-state index in [1.807, 2.05) is 115 Å². The van der Waals surface area contributed by atoms with Crippen molar-refractivity contribution in [3.8, 4) is 0 Å². The quantitative estimate of drug-likeness (QED) is 0.0281. The number of hydrogen-bond acceptors (Lipinski definition) is 8. The molecule has 314 valence electrons. The minimum atomic E-state index is -0.930. The number of carboxylic acid groups (broad SMARTS) is 1. The van der Waals surface area contributed by atoms with Crippen LogP contribution < -0.4 is 11.1 Å². The highest BCUT2D eigenvalue weighted by atomic mass is 32.2. The number of amides is 1. The van der Waals surface area contributed by atoms with Gasteiger partial charge in [0, 0.05) is 13.1 Å². The number of carbonyl (C=O) groups is 3. The smallest absolute Gasteiger partial charge is 0.323 e. The maximum atomic E-state index is 13.4. The zero-order chi connectivity index (χ0) is 43.0. The lowest BCUT2D eigenvalue weighted by molar-refractivity contribution is -0.150. The second kappa shape index (κ2) is 22.0. The van der Waals surface area contributed by atoms with Gasteiger partial charge in [-0.25, -0.2) is 0 Å². The van der Waals surface area contributed by atoms with Crippen molar-refractivity contribution in [1.29, 1.82) is 0 Å². The lowest BCUT2D eigenvalue weighted by Crippen LogP contribution is -2.39. The second-order valence-corrected chi connectivity index (χ2v) is 16.7. The number of nitrogens with two attached hydrogens (primary N) is 1. The minimum Gasteiger partial charge on any atom is -0.480 e. The Kier molecular flexibility index (Phi) is 16.0. The van der Waals surface area contributed by atoms with Gasteiger partial charge in [0.05, 0.1) is 35.6 Å². The Balaban J connectivity index is 1.11. The largest absolute Gasteiger partial charge is 0.480 e. The van der Waals surface area contributed by atoms with Gasteiger partial charge in [0.15, 0.2) is 0 Å². The molecule has 2 atom stereocenters. The van der Waals surface area contributed by atoms with Gasteiger partial charge in [0.25, 0.3) is 0 Å². The van der Waals surface area contributed by atoms with Crippen LogP contribution in [0.4, 0.5) is 0 Å². The number of benzene rings is 5. The Morgan fingerprint density at radius 2 is 1.34 bits per heavy atom. The molecule has 0 aliphatic heterocycles. The predicted molar refractivity (Wildman–Crippen MR) is 245 cm³/mol. The van der Waals surface area contributed by atoms with Crippen molar-refractivity contribution >= 4 is 40.4 Å². The molecule has 61 heavy (non-hydrogen) atoms. The van der Waals surface area contributed by atoms with Gasteiger partial charge in [0.1, 0.15) is 12.1 Å². The average molecular weight is 835 g/mol. The Bertz CT molecular complexity index is 2270. The fourth-order valence-corrected chi connectivity index (χ4v) is 8.83. The van der Waals surface area contributed by atoms with Crippen LogP contribution in [-0.2, 0) is 43.5 Å². The Hall–Kier alpha value is -6.07. The van der Waals surface area contributed by atoms with Crippen LogP contribution in [0.3, 0.4) is 0 Å². The van der Waals surface area contributed by atoms with E-state index in [0.717, 1.165) is 22.1 Å². The predicted octanol–water partition coefficient (Wildman–Crippen LogP) is 8.89. The van der Waals surface area contributed by atoms with Crippen molar-refractivity contribution in [3.05, 3.63) is 197 Å². The lowest BCUT2D eigenvalue weighted by atomic mass is 9.84. The van der Waals surface area contributed by atoms with Crippen molar-refractivity contribution in [2.45, 2.75) is 63.2 Å². The third-order valence-electron chi connectivity index (χ3n) is 10.5. The molecule has 0 saturated carbocycles. The zero-order valence-corrected chi connectivity index (χ0v) is 35.5. The third-order valence-corrected chi connectivity index (χ3v) is 12.1. The molecule has 5 aromatic carbocycles. The number of esters is 1. The van der Waals surface area contributed by atoms with Gasteiger partial charge in [0.2, 0.25) is 5.91 Å². The summed E-state index contributed by atoms with van der Waals surface area (Å²) in [5.41, 5.74) is 12.0. The van der Waals surface area contributed by atoms with Crippen LogP contribution in [0, 0.1) is 5.92 Å². The zero-order valence-electron chi connectivity index (χ0n) is 34.7. The van der Waals surface area contributed by atoms with Crippen LogP contribution in [0.5, 0.6) is 0 Å². The summed E-state index contributed by atoms with van der Waals surface area (Å²) in [6.45, 7) is 4.42. The van der Waals surface area contributed by atoms with Gasteiger partial charge < -0.3 is 20.9 Å². The van der Waals surface area contributed by atoms with Gasteiger partial charge in [-0.15, -0.1) is 11.8 Å². The molecule has 0 saturated heterocycles. The van der Waals surface area contributed by atoms with Crippen LogP contribution in [0.1, 0.15) is 60.3 Å². The summed E-state index contributed by atoms with van der Waals surface area (Å²) < 4.78 is 5.37. The maximum Gasteiger partial charge on any atom is 0.323 e. The number of pyridine rings is 1. The fraction of sp³-hybridized carbons (Fsp3) is 0.255. The van der Waals surface area contributed by atoms with Gasteiger partial charge >= 0.3 is 11.9 Å². The molecule has 10 heteroatoms. The second-order valence-electron chi connectivity index (χ2n) is 15.4. The molecule has 0 radical (unpaired) electrons. The Morgan fingerprint density at radius 3 is 1.97 bits per heavy atom. The highest BCUT2D eigenvalue weighted by Crippen LogP contribution is 2.48. The number of ether oxygens (including phenoxy) is 1. The minimum absolute atomic E-state index is 0.0979. The number of nitrogens with zero attached hydrogens (tertiary/aromatic N) is 2. The number of hydrogen-bond donors (Lipinski definition) is 3. The van der Waals surface area contributed by atoms with Gasteiger partial charge in [-0.2, -0.15) is 0 Å². The summed E-state index contributed by atoms with van der Waals surface area (Å²) >= 11 is 1.83. The third kappa shape index (κ3) is 12.3. The molecule has 1 amide bonds. The van der Waals surface area contributed by atoms with Crippen LogP contribution >= 0.6 is 11.8 Å². The highest BCUT2D eigenvalue weighted by Gasteiger charge is 2.36. The monoisotopic (exact) mass is 834 g/mol. The van der Waals surface area contributed by atoms with E-state index in [-0.39, 0.29) is 31.3 Å². The van der Waals surface area contributed by atoms with Crippen LogP contribution in [-0.4, -0.2) is 57.3 Å². The van der Waals surface area contributed by atoms with Gasteiger partial charge in [-0.3, -0.25) is 24.3 Å². The van der Waals surface area contributed by atoms with Gasteiger partial charge in [-0.1, -0.05) is 159 Å². The molecule has 6 rings (SSSR count). The van der Waals surface area contributed by atoms with Crippen molar-refractivity contribution in [3.63, 3.8) is 0 Å². The fourth-order valence-electron chi connectivity index (χ4n) is 7.36. The summed E-state index contributed by atoms with van der Waals surface area (Å²) in [7, 11) is 0. The summed E-state index contributed by atoms with van der Waals surface area (Å²) in [5, 5.41) is 14.8. The summed E-state index contributed by atoms with van der Waals surface area (Å²) in [5.74, 6) is -1.21. The summed E-state index contributed by atoms with van der Waals surface area (Å²) in [4.78, 5) is 44.9. The topological polar surface area (TPSA) is 135 Å². The van der Waals surface area contributed by atoms with Gasteiger partial charge in [-0.05, 0) is 69.3 Å². The van der Waals surface area contributed by atoms with E-state index < -0.39 is 28.8 Å². The molecule has 4 N–H and O–H groups in total. The van der Waals surface area contributed by atoms with Crippen molar-refractivity contribution in [2.75, 3.05) is 12.3 Å². The molecule has 6 aromatic rings. The van der Waals surface area contributed by atoms with E-state index >= 15 is 0 Å². The number of allylic oxidation sites excluding steroid dienone is 1. The van der Waals surface area contributed by atoms with Crippen LogP contribution in [0.2, 0.25) is 0 Å². The Labute approximate surface area is 363 Å². The van der Waals surface area contributed by atoms with Crippen LogP contribution in [0.15, 0.2) is 164 Å². The van der Waals surface area contributed by atoms with E-state index in [0.29, 0.717) is 30.9 Å². The molecule has 0 aliphatic rings. The molecular formula is C51H54N4O5S. The van der Waals surface area contributed by atoms with E-state index in [4.69, 9.17) is 15.5 Å². The number of thioether (sulfide) groups is 1. The van der Waals surface area contributed by atoms with E-state index in [2.05, 4.69) is 78.1 Å². The summed E-state index contributed by atoms with van der Waals surface area (Å²) in [6, 6.07) is 50.3. The molecule has 0 unspecified atom stereocenters. The van der Waals surface area contributed by atoms with Crippen molar-refractivity contribution in [1.82, 2.24) is 15.2 Å².